The van der Waals surface area contributed by atoms with Gasteiger partial charge in [-0.3, -0.25) is 0 Å². The second-order valence-corrected chi connectivity index (χ2v) is 5.63. The molecule has 1 aromatic rings. The lowest BCUT2D eigenvalue weighted by molar-refractivity contribution is 0.179. The quantitative estimate of drug-likeness (QED) is 0.771. The molecule has 1 rings (SSSR count). The van der Waals surface area contributed by atoms with E-state index in [1.807, 2.05) is 38.2 Å². The van der Waals surface area contributed by atoms with Crippen molar-refractivity contribution in [1.29, 1.82) is 0 Å². The molecule has 0 bridgehead atoms. The summed E-state index contributed by atoms with van der Waals surface area (Å²) in [5.74, 6) is 0.957. The number of nitrogens with one attached hydrogen (secondary N) is 1. The summed E-state index contributed by atoms with van der Waals surface area (Å²) in [4.78, 5) is 1.17. The molecule has 1 atom stereocenters. The maximum Gasteiger partial charge on any atom is 0.0610 e. The molecule has 90 valence electrons. The molecule has 1 unspecified atom stereocenters. The van der Waals surface area contributed by atoms with Gasteiger partial charge in [0.25, 0.3) is 0 Å². The number of benzene rings is 1. The molecule has 0 aliphatic carbocycles. The fourth-order valence-electron chi connectivity index (χ4n) is 1.23. The zero-order valence-corrected chi connectivity index (χ0v) is 11.2. The van der Waals surface area contributed by atoms with Crippen molar-refractivity contribution in [3.05, 3.63) is 29.3 Å². The predicted molar refractivity (Wildman–Crippen MR) is 71.3 cm³/mol. The summed E-state index contributed by atoms with van der Waals surface area (Å²) in [5.41, 5.74) is -0.189. The van der Waals surface area contributed by atoms with Crippen LogP contribution in [0.1, 0.15) is 13.3 Å². The van der Waals surface area contributed by atoms with Gasteiger partial charge in [0, 0.05) is 15.5 Å². The van der Waals surface area contributed by atoms with Gasteiger partial charge >= 0.3 is 0 Å². The minimum atomic E-state index is -0.189. The van der Waals surface area contributed by atoms with E-state index in [1.54, 1.807) is 11.8 Å². The lowest BCUT2D eigenvalue weighted by Gasteiger charge is -2.26. The average Bonchev–Trinajstić information content (AvgIpc) is 2.29. The molecule has 0 radical (unpaired) electrons. The van der Waals surface area contributed by atoms with Crippen molar-refractivity contribution in [2.45, 2.75) is 23.8 Å². The van der Waals surface area contributed by atoms with Crippen molar-refractivity contribution in [3.8, 4) is 0 Å². The highest BCUT2D eigenvalue weighted by molar-refractivity contribution is 7.99. The van der Waals surface area contributed by atoms with Crippen molar-refractivity contribution in [2.24, 2.45) is 0 Å². The van der Waals surface area contributed by atoms with E-state index in [9.17, 15) is 5.11 Å². The largest absolute Gasteiger partial charge is 0.394 e. The monoisotopic (exact) mass is 259 g/mol. The first-order valence-electron chi connectivity index (χ1n) is 5.28. The van der Waals surface area contributed by atoms with Gasteiger partial charge < -0.3 is 10.4 Å². The van der Waals surface area contributed by atoms with Crippen LogP contribution in [-0.2, 0) is 0 Å². The molecule has 2 nitrogen and oxygen atoms in total. The first-order chi connectivity index (χ1) is 7.59. The number of aliphatic hydroxyl groups excluding tert-OH is 1. The number of rotatable bonds is 6. The van der Waals surface area contributed by atoms with Gasteiger partial charge in [-0.15, -0.1) is 11.8 Å². The van der Waals surface area contributed by atoms with Gasteiger partial charge in [0.05, 0.1) is 6.61 Å². The Morgan fingerprint density at radius 1 is 1.50 bits per heavy atom. The first kappa shape index (κ1) is 13.8. The topological polar surface area (TPSA) is 32.3 Å². The van der Waals surface area contributed by atoms with Crippen molar-refractivity contribution in [3.63, 3.8) is 0 Å². The zero-order chi connectivity index (χ0) is 12.0. The van der Waals surface area contributed by atoms with Crippen LogP contribution in [0.2, 0.25) is 5.02 Å². The van der Waals surface area contributed by atoms with Crippen molar-refractivity contribution in [2.75, 3.05) is 19.4 Å². The van der Waals surface area contributed by atoms with Gasteiger partial charge in [0.15, 0.2) is 0 Å². The van der Waals surface area contributed by atoms with Crippen LogP contribution in [0.5, 0.6) is 0 Å². The summed E-state index contributed by atoms with van der Waals surface area (Å²) in [6.07, 6.45) is 0.914. The van der Waals surface area contributed by atoms with E-state index in [2.05, 4.69) is 5.32 Å². The molecule has 0 aliphatic rings. The van der Waals surface area contributed by atoms with Crippen LogP contribution in [0, 0.1) is 0 Å². The smallest absolute Gasteiger partial charge is 0.0610 e. The molecule has 1 aromatic carbocycles. The molecule has 4 heteroatoms. The predicted octanol–water partition coefficient (Wildman–Crippen LogP) is 2.79. The van der Waals surface area contributed by atoms with Gasteiger partial charge in [-0.25, -0.2) is 0 Å². The third kappa shape index (κ3) is 4.34. The number of halogens is 1. The molecule has 0 heterocycles. The molecular weight excluding hydrogens is 242 g/mol. The fraction of sp³-hybridized carbons (Fsp3) is 0.500. The highest BCUT2D eigenvalue weighted by Crippen LogP contribution is 2.24. The van der Waals surface area contributed by atoms with E-state index in [4.69, 9.17) is 11.6 Å². The van der Waals surface area contributed by atoms with Gasteiger partial charge in [-0.05, 0) is 44.3 Å². The van der Waals surface area contributed by atoms with Crippen LogP contribution < -0.4 is 5.32 Å². The molecule has 16 heavy (non-hydrogen) atoms. The Morgan fingerprint density at radius 3 is 2.81 bits per heavy atom. The lowest BCUT2D eigenvalue weighted by atomic mass is 10.0. The van der Waals surface area contributed by atoms with E-state index in [0.29, 0.717) is 0 Å². The Morgan fingerprint density at radius 2 is 2.25 bits per heavy atom. The number of hydrogen-bond donors (Lipinski definition) is 2. The second kappa shape index (κ2) is 6.50. The Bertz CT molecular complexity index is 329. The average molecular weight is 260 g/mol. The minimum Gasteiger partial charge on any atom is -0.394 e. The molecule has 0 saturated heterocycles. The molecule has 0 saturated carbocycles. The van der Waals surface area contributed by atoms with Gasteiger partial charge in [0.2, 0.25) is 0 Å². The fourth-order valence-corrected chi connectivity index (χ4v) is 2.66. The summed E-state index contributed by atoms with van der Waals surface area (Å²) in [7, 11) is 1.88. The van der Waals surface area contributed by atoms with Crippen molar-refractivity contribution >= 4 is 23.4 Å². The molecular formula is C12H18ClNOS. The first-order valence-corrected chi connectivity index (χ1v) is 6.64. The minimum absolute atomic E-state index is 0.152. The highest BCUT2D eigenvalue weighted by Gasteiger charge is 2.19. The Balaban J connectivity index is 2.41. The molecule has 0 fully saturated rings. The van der Waals surface area contributed by atoms with Gasteiger partial charge in [-0.1, -0.05) is 17.7 Å². The van der Waals surface area contributed by atoms with E-state index in [1.165, 1.54) is 4.90 Å². The molecule has 2 N–H and O–H groups in total. The number of hydrogen-bond acceptors (Lipinski definition) is 3. The van der Waals surface area contributed by atoms with Crippen LogP contribution in [0.3, 0.4) is 0 Å². The number of thioether (sulfide) groups is 1. The summed E-state index contributed by atoms with van der Waals surface area (Å²) >= 11 is 7.66. The van der Waals surface area contributed by atoms with Crippen molar-refractivity contribution < 1.29 is 5.11 Å². The third-order valence-corrected chi connectivity index (χ3v) is 3.90. The van der Waals surface area contributed by atoms with E-state index < -0.39 is 0 Å². The maximum absolute atomic E-state index is 9.23. The Labute approximate surface area is 106 Å². The van der Waals surface area contributed by atoms with E-state index >= 15 is 0 Å². The van der Waals surface area contributed by atoms with Crippen molar-refractivity contribution in [1.82, 2.24) is 5.32 Å². The van der Waals surface area contributed by atoms with Gasteiger partial charge in [0.1, 0.15) is 0 Å². The van der Waals surface area contributed by atoms with E-state index in [-0.39, 0.29) is 12.1 Å². The highest BCUT2D eigenvalue weighted by atomic mass is 35.5. The summed E-state index contributed by atoms with van der Waals surface area (Å²) in [6.45, 7) is 2.17. The summed E-state index contributed by atoms with van der Waals surface area (Å²) in [6, 6.07) is 7.83. The summed E-state index contributed by atoms with van der Waals surface area (Å²) in [5, 5.41) is 13.1. The van der Waals surface area contributed by atoms with Crippen LogP contribution in [0.25, 0.3) is 0 Å². The van der Waals surface area contributed by atoms with Crippen LogP contribution in [0.4, 0.5) is 0 Å². The normalized spacial score (nSPS) is 14.8. The Kier molecular flexibility index (Phi) is 5.62. The zero-order valence-electron chi connectivity index (χ0n) is 9.66. The van der Waals surface area contributed by atoms with E-state index in [0.717, 1.165) is 17.2 Å². The lowest BCUT2D eigenvalue weighted by Crippen LogP contribution is -2.43. The SMILES string of the molecule is CNC(C)(CO)CCSc1cccc(Cl)c1. The second-order valence-electron chi connectivity index (χ2n) is 4.02. The Hall–Kier alpha value is -0.220. The van der Waals surface area contributed by atoms with Crippen LogP contribution in [0.15, 0.2) is 29.2 Å². The molecule has 0 amide bonds. The number of aliphatic hydroxyl groups is 1. The number of likely N-dealkylation sites (N-methyl/N-ethyl adjacent to an activating group) is 1. The molecule has 0 aliphatic heterocycles. The van der Waals surface area contributed by atoms with Gasteiger partial charge in [-0.2, -0.15) is 0 Å². The molecule has 0 spiro atoms. The standard InChI is InChI=1S/C12H18ClNOS/c1-12(9-15,14-2)6-7-16-11-5-3-4-10(13)8-11/h3-5,8,14-15H,6-7,9H2,1-2H3. The third-order valence-electron chi connectivity index (χ3n) is 2.67. The molecule has 0 aromatic heterocycles. The maximum atomic E-state index is 9.23. The van der Waals surface area contributed by atoms with Crippen LogP contribution in [-0.4, -0.2) is 30.1 Å². The van der Waals surface area contributed by atoms with Crippen LogP contribution >= 0.6 is 23.4 Å². The summed E-state index contributed by atoms with van der Waals surface area (Å²) < 4.78 is 0.